The molecule has 0 amide bonds. The molecule has 1 nitrogen and oxygen atoms in total. The van der Waals surface area contributed by atoms with Gasteiger partial charge >= 0.3 is 0 Å². The molecule has 0 aromatic carbocycles. The molecule has 1 aromatic rings. The van der Waals surface area contributed by atoms with E-state index >= 15 is 0 Å². The zero-order valence-corrected chi connectivity index (χ0v) is 9.35. The Bertz CT molecular complexity index is 388. The lowest BCUT2D eigenvalue weighted by molar-refractivity contribution is 0.103. The number of hydrogen-bond acceptors (Lipinski definition) is 3. The van der Waals surface area contributed by atoms with Gasteiger partial charge in [-0.1, -0.05) is 11.6 Å². The Morgan fingerprint density at radius 3 is 3.08 bits per heavy atom. The standard InChI is InChI=1S/C9H7ClOS2/c1-5(10)7-4-13-9-6(8(7)11)2-3-12-9/h2-3H,4H2,1H3/b7-5-. The van der Waals surface area contributed by atoms with Gasteiger partial charge in [0.05, 0.1) is 4.21 Å². The molecule has 0 radical (unpaired) electrons. The maximum absolute atomic E-state index is 11.8. The smallest absolute Gasteiger partial charge is 0.192 e. The maximum atomic E-state index is 11.8. The SMILES string of the molecule is C/C(Cl)=C1\CSc2sccc2C1=O. The molecule has 68 valence electrons. The number of Topliss-reactive ketones (excluding diaryl/α,β-unsaturated/α-hetero) is 1. The summed E-state index contributed by atoms with van der Waals surface area (Å²) < 4.78 is 1.12. The fraction of sp³-hybridized carbons (Fsp3) is 0.222. The third-order valence-corrected chi connectivity index (χ3v) is 4.40. The van der Waals surface area contributed by atoms with Gasteiger partial charge in [-0.3, -0.25) is 4.79 Å². The molecule has 1 aliphatic heterocycles. The van der Waals surface area contributed by atoms with Crippen LogP contribution in [0.4, 0.5) is 0 Å². The quantitative estimate of drug-likeness (QED) is 0.634. The molecule has 1 aromatic heterocycles. The van der Waals surface area contributed by atoms with Gasteiger partial charge < -0.3 is 0 Å². The molecule has 0 aliphatic carbocycles. The van der Waals surface area contributed by atoms with Gasteiger partial charge in [-0.05, 0) is 18.4 Å². The van der Waals surface area contributed by atoms with Gasteiger partial charge in [0.15, 0.2) is 5.78 Å². The number of fused-ring (bicyclic) bond motifs is 1. The molecular weight excluding hydrogens is 224 g/mol. The van der Waals surface area contributed by atoms with Crippen LogP contribution >= 0.6 is 34.7 Å². The molecule has 2 rings (SSSR count). The molecule has 0 saturated carbocycles. The van der Waals surface area contributed by atoms with Crippen LogP contribution in [0.5, 0.6) is 0 Å². The molecular formula is C9H7ClOS2. The van der Waals surface area contributed by atoms with Crippen LogP contribution in [0.2, 0.25) is 0 Å². The summed E-state index contributed by atoms with van der Waals surface area (Å²) in [4.78, 5) is 11.8. The predicted octanol–water partition coefficient (Wildman–Crippen LogP) is 3.55. The molecule has 4 heteroatoms. The number of allylic oxidation sites excluding steroid dienone is 1. The number of carbonyl (C=O) groups excluding carboxylic acids is 1. The van der Waals surface area contributed by atoms with E-state index in [2.05, 4.69) is 0 Å². The summed E-state index contributed by atoms with van der Waals surface area (Å²) in [5.74, 6) is 0.810. The van der Waals surface area contributed by atoms with Crippen molar-refractivity contribution in [3.8, 4) is 0 Å². The van der Waals surface area contributed by atoms with Crippen molar-refractivity contribution in [1.82, 2.24) is 0 Å². The number of halogens is 1. The van der Waals surface area contributed by atoms with Crippen molar-refractivity contribution < 1.29 is 4.79 Å². The highest BCUT2D eigenvalue weighted by Crippen LogP contribution is 2.37. The van der Waals surface area contributed by atoms with E-state index in [0.717, 1.165) is 15.3 Å². The van der Waals surface area contributed by atoms with Gasteiger partial charge in [0.25, 0.3) is 0 Å². The van der Waals surface area contributed by atoms with E-state index in [9.17, 15) is 4.79 Å². The maximum Gasteiger partial charge on any atom is 0.192 e. The molecule has 0 spiro atoms. The average Bonchev–Trinajstić information content (AvgIpc) is 2.52. The fourth-order valence-corrected chi connectivity index (χ4v) is 3.60. The van der Waals surface area contributed by atoms with Crippen LogP contribution in [-0.2, 0) is 0 Å². The first-order valence-electron chi connectivity index (χ1n) is 3.80. The van der Waals surface area contributed by atoms with Gasteiger partial charge in [-0.15, -0.1) is 23.1 Å². The highest BCUT2D eigenvalue weighted by atomic mass is 35.5. The largest absolute Gasteiger partial charge is 0.289 e. The summed E-state index contributed by atoms with van der Waals surface area (Å²) in [7, 11) is 0. The Labute approximate surface area is 89.8 Å². The number of thioether (sulfide) groups is 1. The second kappa shape index (κ2) is 3.48. The van der Waals surface area contributed by atoms with E-state index in [4.69, 9.17) is 11.6 Å². The highest BCUT2D eigenvalue weighted by Gasteiger charge is 2.24. The van der Waals surface area contributed by atoms with Gasteiger partial charge in [0.2, 0.25) is 0 Å². The first-order chi connectivity index (χ1) is 6.20. The summed E-state index contributed by atoms with van der Waals surface area (Å²) in [6.45, 7) is 1.77. The third-order valence-electron chi connectivity index (χ3n) is 1.91. The van der Waals surface area contributed by atoms with E-state index in [1.54, 1.807) is 30.0 Å². The number of ketones is 1. The lowest BCUT2D eigenvalue weighted by Gasteiger charge is -2.13. The van der Waals surface area contributed by atoms with Crippen molar-refractivity contribution in [2.75, 3.05) is 5.75 Å². The molecule has 0 unspecified atom stereocenters. The summed E-state index contributed by atoms with van der Waals surface area (Å²) in [5.41, 5.74) is 1.56. The minimum atomic E-state index is 0.0995. The molecule has 2 heterocycles. The van der Waals surface area contributed by atoms with E-state index in [-0.39, 0.29) is 5.78 Å². The summed E-state index contributed by atoms with van der Waals surface area (Å²) in [6.07, 6.45) is 0. The summed E-state index contributed by atoms with van der Waals surface area (Å²) in [6, 6.07) is 1.87. The zero-order chi connectivity index (χ0) is 9.42. The monoisotopic (exact) mass is 230 g/mol. The Morgan fingerprint density at radius 2 is 2.38 bits per heavy atom. The van der Waals surface area contributed by atoms with Crippen LogP contribution in [0.25, 0.3) is 0 Å². The van der Waals surface area contributed by atoms with Crippen molar-refractivity contribution in [3.63, 3.8) is 0 Å². The Hall–Kier alpha value is -0.250. The summed E-state index contributed by atoms with van der Waals surface area (Å²) >= 11 is 9.14. The van der Waals surface area contributed by atoms with E-state index in [1.807, 2.05) is 11.4 Å². The van der Waals surface area contributed by atoms with Crippen molar-refractivity contribution in [3.05, 3.63) is 27.6 Å². The second-order valence-electron chi connectivity index (χ2n) is 2.75. The number of thiophene rings is 1. The van der Waals surface area contributed by atoms with Crippen molar-refractivity contribution >= 4 is 40.5 Å². The molecule has 0 bridgehead atoms. The molecule has 0 saturated heterocycles. The van der Waals surface area contributed by atoms with Crippen LogP contribution in [-0.4, -0.2) is 11.5 Å². The Balaban J connectivity index is 2.50. The van der Waals surface area contributed by atoms with Gasteiger partial charge in [0.1, 0.15) is 0 Å². The molecule has 0 N–H and O–H groups in total. The van der Waals surface area contributed by atoms with Gasteiger partial charge in [-0.25, -0.2) is 0 Å². The van der Waals surface area contributed by atoms with Crippen LogP contribution < -0.4 is 0 Å². The normalized spacial score (nSPS) is 20.0. The lowest BCUT2D eigenvalue weighted by Crippen LogP contribution is -2.11. The van der Waals surface area contributed by atoms with Crippen LogP contribution in [0.3, 0.4) is 0 Å². The van der Waals surface area contributed by atoms with Crippen LogP contribution in [0.15, 0.2) is 26.3 Å². The van der Waals surface area contributed by atoms with Crippen molar-refractivity contribution in [2.45, 2.75) is 11.1 Å². The van der Waals surface area contributed by atoms with Crippen LogP contribution in [0.1, 0.15) is 17.3 Å². The third kappa shape index (κ3) is 1.56. The zero-order valence-electron chi connectivity index (χ0n) is 6.96. The van der Waals surface area contributed by atoms with E-state index in [1.165, 1.54) is 0 Å². The molecule has 0 atom stereocenters. The molecule has 0 fully saturated rings. The molecule has 13 heavy (non-hydrogen) atoms. The average molecular weight is 231 g/mol. The minimum Gasteiger partial charge on any atom is -0.289 e. The first kappa shape index (κ1) is 9.31. The fourth-order valence-electron chi connectivity index (χ4n) is 1.20. The number of carbonyl (C=O) groups is 1. The first-order valence-corrected chi connectivity index (χ1v) is 6.04. The highest BCUT2D eigenvalue weighted by molar-refractivity contribution is 8.01. The number of hydrogen-bond donors (Lipinski definition) is 0. The van der Waals surface area contributed by atoms with Crippen molar-refractivity contribution in [1.29, 1.82) is 0 Å². The summed E-state index contributed by atoms with van der Waals surface area (Å²) in [5, 5.41) is 2.57. The Kier molecular flexibility index (Phi) is 2.49. The topological polar surface area (TPSA) is 17.1 Å². The van der Waals surface area contributed by atoms with Gasteiger partial charge in [-0.2, -0.15) is 0 Å². The van der Waals surface area contributed by atoms with Crippen LogP contribution in [0, 0.1) is 0 Å². The molecule has 1 aliphatic rings. The second-order valence-corrected chi connectivity index (χ2v) is 5.48. The van der Waals surface area contributed by atoms with Gasteiger partial charge in [0, 0.05) is 21.9 Å². The number of rotatable bonds is 0. The predicted molar refractivity (Wildman–Crippen MR) is 57.9 cm³/mol. The minimum absolute atomic E-state index is 0.0995. The van der Waals surface area contributed by atoms with E-state index in [0.29, 0.717) is 10.8 Å². The lowest BCUT2D eigenvalue weighted by atomic mass is 10.1. The Morgan fingerprint density at radius 1 is 1.62 bits per heavy atom. The van der Waals surface area contributed by atoms with Crippen molar-refractivity contribution in [2.24, 2.45) is 0 Å². The van der Waals surface area contributed by atoms with E-state index < -0.39 is 0 Å².